The van der Waals surface area contributed by atoms with Gasteiger partial charge in [0.1, 0.15) is 5.82 Å². The zero-order valence-corrected chi connectivity index (χ0v) is 18.1. The van der Waals surface area contributed by atoms with Gasteiger partial charge in [-0.15, -0.1) is 0 Å². The number of para-hydroxylation sites is 1. The summed E-state index contributed by atoms with van der Waals surface area (Å²) in [4.78, 5) is 14.0. The van der Waals surface area contributed by atoms with Crippen LogP contribution in [0.15, 0.2) is 48.5 Å². The zero-order chi connectivity index (χ0) is 20.1. The molecule has 1 aliphatic rings. The molecule has 0 radical (unpaired) electrons. The first kappa shape index (κ1) is 21.0. The van der Waals surface area contributed by atoms with Crippen LogP contribution in [0.1, 0.15) is 10.4 Å². The smallest absolute Gasteiger partial charge is 0.252 e. The quantitative estimate of drug-likeness (QED) is 0.598. The Morgan fingerprint density at radius 3 is 2.36 bits per heavy atom. The van der Waals surface area contributed by atoms with Crippen molar-refractivity contribution in [2.45, 2.75) is 0 Å². The number of hydrogen-bond acceptors (Lipinski definition) is 4. The molecule has 1 fully saturated rings. The number of carbonyl (C=O) groups excluding carboxylic acids is 1. The summed E-state index contributed by atoms with van der Waals surface area (Å²) in [6.07, 6.45) is 0. The summed E-state index contributed by atoms with van der Waals surface area (Å²) in [5, 5.41) is 2.67. The molecule has 2 aromatic carbocycles. The lowest BCUT2D eigenvalue weighted by Gasteiger charge is -2.35. The van der Waals surface area contributed by atoms with Crippen LogP contribution in [0.3, 0.4) is 0 Å². The van der Waals surface area contributed by atoms with Crippen LogP contribution in [0.5, 0.6) is 0 Å². The van der Waals surface area contributed by atoms with Crippen LogP contribution in [0.4, 0.5) is 10.1 Å². The first-order chi connectivity index (χ1) is 13.4. The van der Waals surface area contributed by atoms with E-state index in [9.17, 15) is 17.6 Å². The largest absolute Gasteiger partial charge is 0.367 e. The van der Waals surface area contributed by atoms with Crippen LogP contribution in [-0.4, -0.2) is 57.1 Å². The molecule has 0 aliphatic carbocycles. The molecular weight excluding hydrogens is 496 g/mol. The molecule has 0 atom stereocenters. The summed E-state index contributed by atoms with van der Waals surface area (Å²) < 4.78 is 41.2. The van der Waals surface area contributed by atoms with Gasteiger partial charge in [-0.2, -0.15) is 4.31 Å². The number of halogens is 2. The first-order valence-electron chi connectivity index (χ1n) is 8.88. The fraction of sp³-hybridized carbons (Fsp3) is 0.316. The molecule has 3 rings (SSSR count). The van der Waals surface area contributed by atoms with Crippen molar-refractivity contribution in [3.8, 4) is 0 Å². The average Bonchev–Trinajstić information content (AvgIpc) is 2.68. The Hall–Kier alpha value is -1.72. The summed E-state index contributed by atoms with van der Waals surface area (Å²) in [6, 6.07) is 13.6. The molecule has 0 spiro atoms. The Balaban J connectivity index is 1.51. The molecule has 0 saturated carbocycles. The van der Waals surface area contributed by atoms with E-state index in [2.05, 4.69) is 27.9 Å². The Kier molecular flexibility index (Phi) is 6.89. The third-order valence-corrected chi connectivity index (χ3v) is 7.40. The fourth-order valence-electron chi connectivity index (χ4n) is 3.08. The number of amides is 1. The highest BCUT2D eigenvalue weighted by molar-refractivity contribution is 14.1. The molecule has 1 amide bonds. The highest BCUT2D eigenvalue weighted by Crippen LogP contribution is 2.21. The minimum absolute atomic E-state index is 0.0413. The second-order valence-corrected chi connectivity index (χ2v) is 9.64. The van der Waals surface area contributed by atoms with Crippen molar-refractivity contribution in [2.75, 3.05) is 43.4 Å². The van der Waals surface area contributed by atoms with Crippen molar-refractivity contribution in [1.82, 2.24) is 9.62 Å². The van der Waals surface area contributed by atoms with E-state index in [0.717, 1.165) is 3.57 Å². The molecule has 1 aliphatic heterocycles. The molecular formula is C19H21FIN3O3S. The number of piperazine rings is 1. The van der Waals surface area contributed by atoms with Gasteiger partial charge in [0.05, 0.1) is 17.0 Å². The molecule has 0 bridgehead atoms. The summed E-state index contributed by atoms with van der Waals surface area (Å²) in [7, 11) is -3.49. The second-order valence-electron chi connectivity index (χ2n) is 6.39. The lowest BCUT2D eigenvalue weighted by atomic mass is 10.2. The normalized spacial score (nSPS) is 15.4. The number of anilines is 1. The monoisotopic (exact) mass is 517 g/mol. The number of sulfonamides is 1. The molecule has 0 aromatic heterocycles. The molecule has 6 nitrogen and oxygen atoms in total. The number of benzene rings is 2. The van der Waals surface area contributed by atoms with Crippen LogP contribution in [0.25, 0.3) is 0 Å². The lowest BCUT2D eigenvalue weighted by Crippen LogP contribution is -2.50. The number of nitrogens with one attached hydrogen (secondary N) is 1. The summed E-state index contributed by atoms with van der Waals surface area (Å²) >= 11 is 2.07. The maximum absolute atomic E-state index is 13.9. The third-order valence-electron chi connectivity index (χ3n) is 4.59. The number of rotatable bonds is 6. The van der Waals surface area contributed by atoms with E-state index in [1.165, 1.54) is 10.4 Å². The number of hydrogen-bond donors (Lipinski definition) is 1. The van der Waals surface area contributed by atoms with Crippen LogP contribution in [0.2, 0.25) is 0 Å². The fourth-order valence-corrected chi connectivity index (χ4v) is 5.05. The van der Waals surface area contributed by atoms with Gasteiger partial charge >= 0.3 is 0 Å². The van der Waals surface area contributed by atoms with Crippen LogP contribution < -0.4 is 10.2 Å². The summed E-state index contributed by atoms with van der Waals surface area (Å²) in [5.74, 6) is -0.761. The summed E-state index contributed by atoms with van der Waals surface area (Å²) in [6.45, 7) is 1.48. The average molecular weight is 517 g/mol. The van der Waals surface area contributed by atoms with Crippen molar-refractivity contribution in [2.24, 2.45) is 0 Å². The zero-order valence-electron chi connectivity index (χ0n) is 15.1. The standard InChI is InChI=1S/C19H21FIN3O3S/c20-16-6-2-4-8-18(16)23-10-12-24(13-11-23)28(26,27)14-9-22-19(25)15-5-1-3-7-17(15)21/h1-8H,9-14H2,(H,22,25). The van der Waals surface area contributed by atoms with E-state index in [1.54, 1.807) is 30.3 Å². The Labute approximate surface area is 177 Å². The number of nitrogens with zero attached hydrogens (tertiary/aromatic N) is 2. The van der Waals surface area contributed by atoms with E-state index >= 15 is 0 Å². The Bertz CT molecular complexity index is 947. The molecule has 2 aromatic rings. The molecule has 150 valence electrons. The highest BCUT2D eigenvalue weighted by Gasteiger charge is 2.27. The summed E-state index contributed by atoms with van der Waals surface area (Å²) in [5.41, 5.74) is 1.02. The van der Waals surface area contributed by atoms with Crippen LogP contribution >= 0.6 is 22.6 Å². The van der Waals surface area contributed by atoms with Crippen LogP contribution in [0, 0.1) is 9.39 Å². The molecule has 1 N–H and O–H groups in total. The minimum Gasteiger partial charge on any atom is -0.367 e. The van der Waals surface area contributed by atoms with Gasteiger partial charge in [-0.3, -0.25) is 4.79 Å². The topological polar surface area (TPSA) is 69.7 Å². The Morgan fingerprint density at radius 1 is 1.04 bits per heavy atom. The highest BCUT2D eigenvalue weighted by atomic mass is 127. The molecule has 1 saturated heterocycles. The van der Waals surface area contributed by atoms with Crippen molar-refractivity contribution < 1.29 is 17.6 Å². The van der Waals surface area contributed by atoms with Gasteiger partial charge < -0.3 is 10.2 Å². The predicted molar refractivity (Wildman–Crippen MR) is 115 cm³/mol. The van der Waals surface area contributed by atoms with E-state index in [1.807, 2.05) is 17.0 Å². The SMILES string of the molecule is O=C(NCCS(=O)(=O)N1CCN(c2ccccc2F)CC1)c1ccccc1I. The van der Waals surface area contributed by atoms with Crippen molar-refractivity contribution >= 4 is 44.2 Å². The van der Waals surface area contributed by atoms with Crippen molar-refractivity contribution in [1.29, 1.82) is 0 Å². The van der Waals surface area contributed by atoms with Gasteiger partial charge in [-0.05, 0) is 46.9 Å². The van der Waals surface area contributed by atoms with E-state index < -0.39 is 10.0 Å². The Morgan fingerprint density at radius 2 is 1.68 bits per heavy atom. The maximum Gasteiger partial charge on any atom is 0.252 e. The van der Waals surface area contributed by atoms with E-state index in [4.69, 9.17) is 0 Å². The third kappa shape index (κ3) is 5.00. The molecule has 1 heterocycles. The maximum atomic E-state index is 13.9. The van der Waals surface area contributed by atoms with Crippen LogP contribution in [-0.2, 0) is 10.0 Å². The van der Waals surface area contributed by atoms with Gasteiger partial charge in [-0.25, -0.2) is 12.8 Å². The molecule has 28 heavy (non-hydrogen) atoms. The minimum atomic E-state index is -3.49. The first-order valence-corrected chi connectivity index (χ1v) is 11.6. The van der Waals surface area contributed by atoms with Gasteiger partial charge in [0.15, 0.2) is 0 Å². The van der Waals surface area contributed by atoms with Crippen molar-refractivity contribution in [3.63, 3.8) is 0 Å². The second kappa shape index (κ2) is 9.19. The van der Waals surface area contributed by atoms with Crippen molar-refractivity contribution in [3.05, 3.63) is 63.5 Å². The van der Waals surface area contributed by atoms with E-state index in [0.29, 0.717) is 37.4 Å². The predicted octanol–water partition coefficient (Wildman–Crippen LogP) is 2.31. The van der Waals surface area contributed by atoms with Gasteiger partial charge in [-0.1, -0.05) is 24.3 Å². The molecule has 9 heteroatoms. The molecule has 0 unspecified atom stereocenters. The van der Waals surface area contributed by atoms with E-state index in [-0.39, 0.29) is 24.0 Å². The van der Waals surface area contributed by atoms with Gasteiger partial charge in [0.25, 0.3) is 5.91 Å². The number of carbonyl (C=O) groups is 1. The lowest BCUT2D eigenvalue weighted by molar-refractivity contribution is 0.0955. The van der Waals surface area contributed by atoms with Gasteiger partial charge in [0, 0.05) is 36.3 Å². The van der Waals surface area contributed by atoms with Gasteiger partial charge in [0.2, 0.25) is 10.0 Å².